The Kier molecular flexibility index (Phi) is 3.84. The van der Waals surface area contributed by atoms with E-state index in [1.165, 1.54) is 38.1 Å². The van der Waals surface area contributed by atoms with Crippen molar-refractivity contribution in [3.05, 3.63) is 24.0 Å². The van der Waals surface area contributed by atoms with Crippen molar-refractivity contribution < 1.29 is 4.39 Å². The number of rotatable bonds is 4. The summed E-state index contributed by atoms with van der Waals surface area (Å²) in [5, 5.41) is 0. The zero-order valence-corrected chi connectivity index (χ0v) is 10.3. The Morgan fingerprint density at radius 3 is 2.76 bits per heavy atom. The second-order valence-electron chi connectivity index (χ2n) is 4.67. The quantitative estimate of drug-likeness (QED) is 0.812. The molecule has 0 aromatic heterocycles. The third-order valence-electron chi connectivity index (χ3n) is 3.35. The van der Waals surface area contributed by atoms with Crippen molar-refractivity contribution >= 4 is 11.4 Å². The van der Waals surface area contributed by atoms with Crippen molar-refractivity contribution in [2.24, 2.45) is 0 Å². The van der Waals surface area contributed by atoms with Crippen molar-refractivity contribution in [1.82, 2.24) is 4.90 Å². The summed E-state index contributed by atoms with van der Waals surface area (Å²) < 4.78 is 13.2. The van der Waals surface area contributed by atoms with Crippen LogP contribution in [0.15, 0.2) is 18.2 Å². The number of hydrogen-bond donors (Lipinski definition) is 1. The second kappa shape index (κ2) is 5.36. The molecule has 3 nitrogen and oxygen atoms in total. The molecule has 0 atom stereocenters. The highest BCUT2D eigenvalue weighted by Crippen LogP contribution is 2.22. The Labute approximate surface area is 102 Å². The average molecular weight is 237 g/mol. The van der Waals surface area contributed by atoms with Crippen LogP contribution in [-0.4, -0.2) is 38.1 Å². The summed E-state index contributed by atoms with van der Waals surface area (Å²) in [6, 6.07) is 4.52. The molecule has 0 amide bonds. The highest BCUT2D eigenvalue weighted by atomic mass is 19.1. The van der Waals surface area contributed by atoms with Gasteiger partial charge in [-0.25, -0.2) is 4.39 Å². The van der Waals surface area contributed by atoms with Gasteiger partial charge in [-0.3, -0.25) is 0 Å². The number of likely N-dealkylation sites (N-methyl/N-ethyl adjacent to an activating group) is 1. The minimum Gasteiger partial charge on any atom is -0.397 e. The van der Waals surface area contributed by atoms with Crippen molar-refractivity contribution in [2.75, 3.05) is 43.9 Å². The predicted octanol–water partition coefficient (Wildman–Crippen LogP) is 1.94. The van der Waals surface area contributed by atoms with Gasteiger partial charge >= 0.3 is 0 Å². The van der Waals surface area contributed by atoms with E-state index >= 15 is 0 Å². The normalized spacial score (nSPS) is 16.4. The van der Waals surface area contributed by atoms with E-state index in [0.717, 1.165) is 18.8 Å². The van der Waals surface area contributed by atoms with Crippen LogP contribution in [-0.2, 0) is 0 Å². The number of nitrogen functional groups attached to an aromatic ring is 1. The van der Waals surface area contributed by atoms with E-state index in [-0.39, 0.29) is 5.82 Å². The van der Waals surface area contributed by atoms with Gasteiger partial charge in [-0.15, -0.1) is 0 Å². The fourth-order valence-electron chi connectivity index (χ4n) is 2.27. The molecule has 0 bridgehead atoms. The van der Waals surface area contributed by atoms with E-state index in [4.69, 9.17) is 5.73 Å². The maximum Gasteiger partial charge on any atom is 0.125 e. The molecule has 1 saturated heterocycles. The minimum absolute atomic E-state index is 0.234. The highest BCUT2D eigenvalue weighted by Gasteiger charge is 2.13. The topological polar surface area (TPSA) is 32.5 Å². The molecule has 17 heavy (non-hydrogen) atoms. The number of nitrogens with two attached hydrogens (primary N) is 1. The average Bonchev–Trinajstić information content (AvgIpc) is 2.82. The lowest BCUT2D eigenvalue weighted by Gasteiger charge is -2.24. The fraction of sp³-hybridized carbons (Fsp3) is 0.538. The van der Waals surface area contributed by atoms with Crippen molar-refractivity contribution in [1.29, 1.82) is 0 Å². The van der Waals surface area contributed by atoms with Gasteiger partial charge in [-0.05, 0) is 44.1 Å². The van der Waals surface area contributed by atoms with Crippen LogP contribution in [0.4, 0.5) is 15.8 Å². The van der Waals surface area contributed by atoms with Crippen LogP contribution >= 0.6 is 0 Å². The van der Waals surface area contributed by atoms with Gasteiger partial charge in [0.1, 0.15) is 5.82 Å². The smallest absolute Gasteiger partial charge is 0.125 e. The Morgan fingerprint density at radius 2 is 2.06 bits per heavy atom. The maximum atomic E-state index is 13.2. The van der Waals surface area contributed by atoms with E-state index in [2.05, 4.69) is 4.90 Å². The number of anilines is 2. The summed E-state index contributed by atoms with van der Waals surface area (Å²) in [5.74, 6) is -0.234. The first-order chi connectivity index (χ1) is 8.16. The van der Waals surface area contributed by atoms with E-state index in [1.54, 1.807) is 6.07 Å². The molecular formula is C13H20FN3. The highest BCUT2D eigenvalue weighted by molar-refractivity contribution is 5.67. The predicted molar refractivity (Wildman–Crippen MR) is 69.8 cm³/mol. The molecular weight excluding hydrogens is 217 g/mol. The van der Waals surface area contributed by atoms with Gasteiger partial charge in [0, 0.05) is 20.1 Å². The third-order valence-corrected chi connectivity index (χ3v) is 3.35. The van der Waals surface area contributed by atoms with Crippen LogP contribution in [0.25, 0.3) is 0 Å². The van der Waals surface area contributed by atoms with Crippen LogP contribution in [0.2, 0.25) is 0 Å². The summed E-state index contributed by atoms with van der Waals surface area (Å²) in [4.78, 5) is 4.46. The molecule has 0 unspecified atom stereocenters. The molecule has 0 aliphatic carbocycles. The number of likely N-dealkylation sites (tertiary alicyclic amines) is 1. The van der Waals surface area contributed by atoms with Gasteiger partial charge < -0.3 is 15.5 Å². The SMILES string of the molecule is CN(CCN1CCCC1)c1cc(F)ccc1N. The summed E-state index contributed by atoms with van der Waals surface area (Å²) in [7, 11) is 1.96. The zero-order valence-electron chi connectivity index (χ0n) is 10.3. The van der Waals surface area contributed by atoms with E-state index < -0.39 is 0 Å². The standard InChI is InChI=1S/C13H20FN3/c1-16(8-9-17-6-2-3-7-17)13-10-11(14)4-5-12(13)15/h4-5,10H,2-3,6-9,15H2,1H3. The molecule has 1 aliphatic rings. The van der Waals surface area contributed by atoms with Gasteiger partial charge in [0.25, 0.3) is 0 Å². The largest absolute Gasteiger partial charge is 0.397 e. The van der Waals surface area contributed by atoms with Crippen molar-refractivity contribution in [3.63, 3.8) is 0 Å². The first kappa shape index (κ1) is 12.2. The second-order valence-corrected chi connectivity index (χ2v) is 4.67. The maximum absolute atomic E-state index is 13.2. The Bertz CT molecular complexity index is 375. The molecule has 4 heteroatoms. The van der Waals surface area contributed by atoms with Crippen molar-refractivity contribution in [3.8, 4) is 0 Å². The Hall–Kier alpha value is -1.29. The molecule has 0 radical (unpaired) electrons. The molecule has 1 heterocycles. The van der Waals surface area contributed by atoms with Crippen LogP contribution in [0.1, 0.15) is 12.8 Å². The van der Waals surface area contributed by atoms with Crippen molar-refractivity contribution in [2.45, 2.75) is 12.8 Å². The fourth-order valence-corrected chi connectivity index (χ4v) is 2.27. The molecule has 0 spiro atoms. The first-order valence-corrected chi connectivity index (χ1v) is 6.15. The molecule has 2 rings (SSSR count). The summed E-state index contributed by atoms with van der Waals surface area (Å²) in [5.41, 5.74) is 7.27. The van der Waals surface area contributed by atoms with E-state index in [9.17, 15) is 4.39 Å². The molecule has 94 valence electrons. The lowest BCUT2D eigenvalue weighted by Crippen LogP contribution is -2.31. The molecule has 1 fully saturated rings. The molecule has 1 aromatic carbocycles. The van der Waals surface area contributed by atoms with E-state index in [0.29, 0.717) is 5.69 Å². The first-order valence-electron chi connectivity index (χ1n) is 6.15. The molecule has 0 saturated carbocycles. The van der Waals surface area contributed by atoms with Crippen LogP contribution in [0.3, 0.4) is 0 Å². The molecule has 1 aromatic rings. The number of halogens is 1. The van der Waals surface area contributed by atoms with Gasteiger partial charge in [0.05, 0.1) is 11.4 Å². The summed E-state index contributed by atoms with van der Waals surface area (Å²) in [6.45, 7) is 4.28. The van der Waals surface area contributed by atoms with Crippen LogP contribution in [0.5, 0.6) is 0 Å². The lowest BCUT2D eigenvalue weighted by molar-refractivity contribution is 0.346. The number of nitrogens with zero attached hydrogens (tertiary/aromatic N) is 2. The lowest BCUT2D eigenvalue weighted by atomic mass is 10.2. The van der Waals surface area contributed by atoms with Crippen LogP contribution < -0.4 is 10.6 Å². The van der Waals surface area contributed by atoms with E-state index in [1.807, 2.05) is 11.9 Å². The van der Waals surface area contributed by atoms with Gasteiger partial charge in [-0.2, -0.15) is 0 Å². The Morgan fingerprint density at radius 1 is 1.35 bits per heavy atom. The van der Waals surface area contributed by atoms with Gasteiger partial charge in [0.2, 0.25) is 0 Å². The zero-order chi connectivity index (χ0) is 12.3. The summed E-state index contributed by atoms with van der Waals surface area (Å²) >= 11 is 0. The van der Waals surface area contributed by atoms with Gasteiger partial charge in [0.15, 0.2) is 0 Å². The van der Waals surface area contributed by atoms with Crippen LogP contribution in [0, 0.1) is 5.82 Å². The molecule has 1 aliphatic heterocycles. The third kappa shape index (κ3) is 3.09. The summed E-state index contributed by atoms with van der Waals surface area (Å²) in [6.07, 6.45) is 2.59. The minimum atomic E-state index is -0.234. The molecule has 2 N–H and O–H groups in total. The number of hydrogen-bond acceptors (Lipinski definition) is 3. The Balaban J connectivity index is 1.93. The monoisotopic (exact) mass is 237 g/mol. The van der Waals surface area contributed by atoms with Gasteiger partial charge in [-0.1, -0.05) is 0 Å². The number of benzene rings is 1.